The molecule has 0 aliphatic carbocycles. The molecule has 142 valence electrons. The molecule has 1 aromatic heterocycles. The van der Waals surface area contributed by atoms with Gasteiger partial charge in [0.2, 0.25) is 6.79 Å². The molecule has 28 heavy (non-hydrogen) atoms. The highest BCUT2D eigenvalue weighted by molar-refractivity contribution is 6.08. The van der Waals surface area contributed by atoms with Crippen molar-refractivity contribution >= 4 is 21.8 Å². The van der Waals surface area contributed by atoms with E-state index in [2.05, 4.69) is 71.4 Å². The molecule has 1 N–H and O–H groups in total. The Hall–Kier alpha value is -2.98. The van der Waals surface area contributed by atoms with Gasteiger partial charge in [-0.05, 0) is 61.3 Å². The first-order valence-corrected chi connectivity index (χ1v) is 9.92. The summed E-state index contributed by atoms with van der Waals surface area (Å²) in [5, 5.41) is 6.25. The zero-order chi connectivity index (χ0) is 18.9. The second-order valence-electron chi connectivity index (χ2n) is 7.23. The first-order valence-electron chi connectivity index (χ1n) is 9.92. The van der Waals surface area contributed by atoms with Crippen molar-refractivity contribution in [3.8, 4) is 11.5 Å². The highest BCUT2D eigenvalue weighted by Gasteiger charge is 2.13. The van der Waals surface area contributed by atoms with Gasteiger partial charge in [-0.15, -0.1) is 0 Å². The number of fused-ring (bicyclic) bond motifs is 4. The van der Waals surface area contributed by atoms with Gasteiger partial charge in [0.15, 0.2) is 11.5 Å². The monoisotopic (exact) mass is 372 g/mol. The van der Waals surface area contributed by atoms with Crippen LogP contribution in [-0.4, -0.2) is 17.9 Å². The topological polar surface area (TPSA) is 35.4 Å². The normalized spacial score (nSPS) is 12.9. The van der Waals surface area contributed by atoms with Gasteiger partial charge in [-0.3, -0.25) is 0 Å². The number of nitrogens with one attached hydrogen (secondary N) is 1. The molecular weight excluding hydrogens is 348 g/mol. The summed E-state index contributed by atoms with van der Waals surface area (Å²) < 4.78 is 13.2. The third-order valence-corrected chi connectivity index (χ3v) is 5.51. The summed E-state index contributed by atoms with van der Waals surface area (Å²) in [6.07, 6.45) is 0.966. The highest BCUT2D eigenvalue weighted by Crippen LogP contribution is 2.32. The Bertz CT molecular complexity index is 1150. The lowest BCUT2D eigenvalue weighted by atomic mass is 10.1. The van der Waals surface area contributed by atoms with E-state index in [1.54, 1.807) is 0 Å². The quantitative estimate of drug-likeness (QED) is 0.490. The van der Waals surface area contributed by atoms with Gasteiger partial charge in [-0.1, -0.05) is 30.3 Å². The van der Waals surface area contributed by atoms with Gasteiger partial charge >= 0.3 is 0 Å². The molecule has 0 saturated carbocycles. The number of aromatic nitrogens is 1. The number of rotatable bonds is 6. The van der Waals surface area contributed by atoms with Crippen LogP contribution in [-0.2, 0) is 19.5 Å². The van der Waals surface area contributed by atoms with Crippen molar-refractivity contribution in [3.63, 3.8) is 0 Å². The summed E-state index contributed by atoms with van der Waals surface area (Å²) in [7, 11) is 0. The number of hydrogen-bond acceptors (Lipinski definition) is 3. The summed E-state index contributed by atoms with van der Waals surface area (Å²) in [5.41, 5.74) is 5.20. The van der Waals surface area contributed by atoms with Crippen molar-refractivity contribution in [1.82, 2.24) is 9.88 Å². The third-order valence-electron chi connectivity index (χ3n) is 5.51. The third kappa shape index (κ3) is 3.00. The van der Waals surface area contributed by atoms with Gasteiger partial charge in [0.25, 0.3) is 0 Å². The smallest absolute Gasteiger partial charge is 0.231 e. The maximum Gasteiger partial charge on any atom is 0.231 e. The van der Waals surface area contributed by atoms with E-state index >= 15 is 0 Å². The molecule has 0 bridgehead atoms. The Morgan fingerprint density at radius 1 is 0.857 bits per heavy atom. The minimum absolute atomic E-state index is 0.327. The van der Waals surface area contributed by atoms with Gasteiger partial charge in [-0.25, -0.2) is 0 Å². The second kappa shape index (κ2) is 7.21. The molecule has 3 aromatic carbocycles. The number of hydrogen-bond donors (Lipinski definition) is 1. The number of para-hydroxylation sites is 1. The van der Waals surface area contributed by atoms with E-state index in [-0.39, 0.29) is 0 Å². The van der Waals surface area contributed by atoms with E-state index in [1.165, 1.54) is 32.9 Å². The van der Waals surface area contributed by atoms with Crippen LogP contribution >= 0.6 is 0 Å². The molecule has 0 unspecified atom stereocenters. The van der Waals surface area contributed by atoms with Crippen molar-refractivity contribution < 1.29 is 9.47 Å². The summed E-state index contributed by atoms with van der Waals surface area (Å²) in [6, 6.07) is 21.7. The van der Waals surface area contributed by atoms with Gasteiger partial charge in [0.05, 0.1) is 0 Å². The van der Waals surface area contributed by atoms with Crippen molar-refractivity contribution in [2.75, 3.05) is 13.3 Å². The number of nitrogens with zero attached hydrogens (tertiary/aromatic N) is 1. The molecule has 4 heteroatoms. The Labute approximate surface area is 164 Å². The van der Waals surface area contributed by atoms with Crippen LogP contribution in [0.1, 0.15) is 18.1 Å². The van der Waals surface area contributed by atoms with Crippen LogP contribution in [0.5, 0.6) is 11.5 Å². The second-order valence-corrected chi connectivity index (χ2v) is 7.23. The molecule has 0 radical (unpaired) electrons. The predicted molar refractivity (Wildman–Crippen MR) is 113 cm³/mol. The van der Waals surface area contributed by atoms with Crippen LogP contribution in [0.3, 0.4) is 0 Å². The molecule has 1 aliphatic rings. The standard InChI is InChI=1S/C24H24N2O2/c1-2-26-21-6-4-3-5-19(21)20-13-18(7-9-22(20)26)15-25-12-11-17-8-10-23-24(14-17)28-16-27-23/h3-10,13-14,25H,2,11-12,15-16H2,1H3. The molecule has 0 atom stereocenters. The number of benzene rings is 3. The molecule has 4 nitrogen and oxygen atoms in total. The molecule has 2 heterocycles. The van der Waals surface area contributed by atoms with E-state index in [9.17, 15) is 0 Å². The fourth-order valence-electron chi connectivity index (χ4n) is 4.11. The zero-order valence-corrected chi connectivity index (χ0v) is 16.1. The Morgan fingerprint density at radius 2 is 1.68 bits per heavy atom. The van der Waals surface area contributed by atoms with E-state index in [0.717, 1.165) is 37.6 Å². The van der Waals surface area contributed by atoms with Gasteiger partial charge in [0, 0.05) is 34.9 Å². The minimum Gasteiger partial charge on any atom is -0.454 e. The summed E-state index contributed by atoms with van der Waals surface area (Å²) in [4.78, 5) is 0. The first-order chi connectivity index (χ1) is 13.8. The molecule has 0 saturated heterocycles. The van der Waals surface area contributed by atoms with Crippen molar-refractivity contribution in [2.24, 2.45) is 0 Å². The van der Waals surface area contributed by atoms with E-state index in [1.807, 2.05) is 6.07 Å². The SMILES string of the molecule is CCn1c2ccccc2c2cc(CNCCc3ccc4c(c3)OCO4)ccc21. The maximum atomic E-state index is 5.46. The Balaban J connectivity index is 1.28. The van der Waals surface area contributed by atoms with Crippen molar-refractivity contribution in [1.29, 1.82) is 0 Å². The molecule has 0 spiro atoms. The molecule has 5 rings (SSSR count). The number of aryl methyl sites for hydroxylation is 1. The minimum atomic E-state index is 0.327. The molecule has 1 aliphatic heterocycles. The first kappa shape index (κ1) is 17.1. The molecule has 0 fully saturated rings. The van der Waals surface area contributed by atoms with Crippen LogP contribution in [0.4, 0.5) is 0 Å². The van der Waals surface area contributed by atoms with Crippen molar-refractivity contribution in [3.05, 3.63) is 71.8 Å². The average molecular weight is 372 g/mol. The summed E-state index contributed by atoms with van der Waals surface area (Å²) in [6.45, 7) is 5.31. The highest BCUT2D eigenvalue weighted by atomic mass is 16.7. The van der Waals surface area contributed by atoms with Gasteiger partial charge in [0.1, 0.15) is 0 Å². The van der Waals surface area contributed by atoms with E-state index in [4.69, 9.17) is 9.47 Å². The largest absolute Gasteiger partial charge is 0.454 e. The van der Waals surface area contributed by atoms with Crippen LogP contribution in [0, 0.1) is 0 Å². The summed E-state index contributed by atoms with van der Waals surface area (Å²) >= 11 is 0. The molecule has 4 aromatic rings. The van der Waals surface area contributed by atoms with Crippen LogP contribution < -0.4 is 14.8 Å². The fourth-order valence-corrected chi connectivity index (χ4v) is 4.11. The van der Waals surface area contributed by atoms with Crippen molar-refractivity contribution in [2.45, 2.75) is 26.4 Å². The molecular formula is C24H24N2O2. The van der Waals surface area contributed by atoms with Gasteiger partial charge in [-0.2, -0.15) is 0 Å². The Kier molecular flexibility index (Phi) is 4.41. The fraction of sp³-hybridized carbons (Fsp3) is 0.250. The van der Waals surface area contributed by atoms with E-state index < -0.39 is 0 Å². The zero-order valence-electron chi connectivity index (χ0n) is 16.1. The van der Waals surface area contributed by atoms with Gasteiger partial charge < -0.3 is 19.4 Å². The van der Waals surface area contributed by atoms with Crippen LogP contribution in [0.15, 0.2) is 60.7 Å². The van der Waals surface area contributed by atoms with Crippen LogP contribution in [0.25, 0.3) is 21.8 Å². The Morgan fingerprint density at radius 3 is 2.61 bits per heavy atom. The number of ether oxygens (including phenoxy) is 2. The van der Waals surface area contributed by atoms with Crippen LogP contribution in [0.2, 0.25) is 0 Å². The maximum absolute atomic E-state index is 5.46. The molecule has 0 amide bonds. The van der Waals surface area contributed by atoms with E-state index in [0.29, 0.717) is 6.79 Å². The predicted octanol–water partition coefficient (Wildman–Crippen LogP) is 4.88. The lowest BCUT2D eigenvalue weighted by molar-refractivity contribution is 0.174. The summed E-state index contributed by atoms with van der Waals surface area (Å²) in [5.74, 6) is 1.70. The lowest BCUT2D eigenvalue weighted by Crippen LogP contribution is -2.16. The average Bonchev–Trinajstić information content (AvgIpc) is 3.32. The lowest BCUT2D eigenvalue weighted by Gasteiger charge is -2.07.